The molecule has 0 atom stereocenters. The topological polar surface area (TPSA) is 63.4 Å². The largest absolute Gasteiger partial charge is 0.502 e. The molecule has 1 aromatic carbocycles. The normalized spacial score (nSPS) is 11.5. The summed E-state index contributed by atoms with van der Waals surface area (Å²) >= 11 is 0. The zero-order chi connectivity index (χ0) is 12.5. The average molecular weight is 223 g/mol. The molecule has 0 saturated heterocycles. The summed E-state index contributed by atoms with van der Waals surface area (Å²) in [6.07, 6.45) is 0.713. The average Bonchev–Trinajstić information content (AvgIpc) is 2.15. The van der Waals surface area contributed by atoms with E-state index < -0.39 is 4.92 Å². The lowest BCUT2D eigenvalue weighted by atomic mass is 9.84. The van der Waals surface area contributed by atoms with Crippen LogP contribution in [-0.4, -0.2) is 10.0 Å². The summed E-state index contributed by atoms with van der Waals surface area (Å²) in [4.78, 5) is 10.3. The lowest BCUT2D eigenvalue weighted by molar-refractivity contribution is -0.386. The van der Waals surface area contributed by atoms with Gasteiger partial charge in [-0.1, -0.05) is 33.8 Å². The third-order valence-electron chi connectivity index (χ3n) is 2.56. The van der Waals surface area contributed by atoms with Crippen LogP contribution in [0.3, 0.4) is 0 Å². The molecule has 0 aliphatic carbocycles. The van der Waals surface area contributed by atoms with Crippen LogP contribution in [0.1, 0.15) is 38.8 Å². The number of hydrogen-bond acceptors (Lipinski definition) is 3. The molecule has 16 heavy (non-hydrogen) atoms. The van der Waals surface area contributed by atoms with Crippen molar-refractivity contribution in [1.29, 1.82) is 0 Å². The van der Waals surface area contributed by atoms with Crippen LogP contribution in [0.25, 0.3) is 0 Å². The first-order chi connectivity index (χ1) is 7.27. The molecule has 1 rings (SSSR count). The number of aryl methyl sites for hydroxylation is 1. The van der Waals surface area contributed by atoms with Gasteiger partial charge in [0.15, 0.2) is 5.75 Å². The summed E-state index contributed by atoms with van der Waals surface area (Å²) in [6, 6.07) is 3.27. The quantitative estimate of drug-likeness (QED) is 0.618. The Hall–Kier alpha value is -1.58. The van der Waals surface area contributed by atoms with E-state index in [1.54, 1.807) is 0 Å². The Morgan fingerprint density at radius 2 is 1.94 bits per heavy atom. The van der Waals surface area contributed by atoms with E-state index in [0.717, 1.165) is 5.56 Å². The van der Waals surface area contributed by atoms with E-state index in [1.807, 2.05) is 33.8 Å². The predicted molar refractivity (Wildman–Crippen MR) is 62.8 cm³/mol. The van der Waals surface area contributed by atoms with E-state index in [0.29, 0.717) is 12.0 Å². The maximum atomic E-state index is 10.8. The van der Waals surface area contributed by atoms with Crippen LogP contribution in [-0.2, 0) is 11.8 Å². The van der Waals surface area contributed by atoms with E-state index in [-0.39, 0.29) is 16.9 Å². The number of nitrogens with zero attached hydrogens (tertiary/aromatic N) is 1. The molecule has 0 aliphatic heterocycles. The van der Waals surface area contributed by atoms with E-state index in [1.165, 1.54) is 6.07 Å². The predicted octanol–water partition coefficient (Wildman–Crippen LogP) is 3.16. The Kier molecular flexibility index (Phi) is 3.21. The van der Waals surface area contributed by atoms with Gasteiger partial charge in [0, 0.05) is 11.6 Å². The van der Waals surface area contributed by atoms with Gasteiger partial charge in [0.2, 0.25) is 0 Å². The highest BCUT2D eigenvalue weighted by atomic mass is 16.6. The fraction of sp³-hybridized carbons (Fsp3) is 0.500. The van der Waals surface area contributed by atoms with Gasteiger partial charge in [-0.15, -0.1) is 0 Å². The molecule has 0 unspecified atom stereocenters. The highest BCUT2D eigenvalue weighted by Crippen LogP contribution is 2.38. The van der Waals surface area contributed by atoms with Gasteiger partial charge in [0.25, 0.3) is 0 Å². The number of hydrogen-bond donors (Lipinski definition) is 1. The Bertz CT molecular complexity index is 419. The minimum atomic E-state index is -0.538. The van der Waals surface area contributed by atoms with Gasteiger partial charge in [-0.25, -0.2) is 0 Å². The summed E-state index contributed by atoms with van der Waals surface area (Å²) in [6.45, 7) is 7.70. The van der Waals surface area contributed by atoms with Crippen LogP contribution in [0.2, 0.25) is 0 Å². The van der Waals surface area contributed by atoms with Crippen LogP contribution in [0.15, 0.2) is 12.1 Å². The molecule has 4 heteroatoms. The van der Waals surface area contributed by atoms with Crippen LogP contribution in [0.4, 0.5) is 5.69 Å². The third kappa shape index (κ3) is 2.32. The highest BCUT2D eigenvalue weighted by molar-refractivity contribution is 5.55. The SMILES string of the molecule is CCc1cc([N+](=O)[O-])c(O)c(C(C)(C)C)c1. The van der Waals surface area contributed by atoms with Crippen molar-refractivity contribution in [3.8, 4) is 5.75 Å². The Labute approximate surface area is 95.1 Å². The first kappa shape index (κ1) is 12.5. The van der Waals surface area contributed by atoms with Gasteiger partial charge in [-0.05, 0) is 17.4 Å². The van der Waals surface area contributed by atoms with E-state index >= 15 is 0 Å². The molecule has 0 fully saturated rings. The van der Waals surface area contributed by atoms with Crippen molar-refractivity contribution in [1.82, 2.24) is 0 Å². The number of nitro benzene ring substituents is 1. The number of aromatic hydroxyl groups is 1. The van der Waals surface area contributed by atoms with Gasteiger partial charge in [0.1, 0.15) is 0 Å². The van der Waals surface area contributed by atoms with Gasteiger partial charge < -0.3 is 5.11 Å². The van der Waals surface area contributed by atoms with Crippen molar-refractivity contribution in [2.24, 2.45) is 0 Å². The number of rotatable bonds is 2. The maximum absolute atomic E-state index is 10.8. The maximum Gasteiger partial charge on any atom is 0.311 e. The zero-order valence-electron chi connectivity index (χ0n) is 10.1. The summed E-state index contributed by atoms with van der Waals surface area (Å²) in [5, 5.41) is 20.7. The molecule has 1 aromatic rings. The third-order valence-corrected chi connectivity index (χ3v) is 2.56. The monoisotopic (exact) mass is 223 g/mol. The second kappa shape index (κ2) is 4.12. The number of benzene rings is 1. The van der Waals surface area contributed by atoms with Gasteiger partial charge in [-0.2, -0.15) is 0 Å². The second-order valence-electron chi connectivity index (χ2n) is 4.87. The molecule has 0 aromatic heterocycles. The van der Waals surface area contributed by atoms with Gasteiger partial charge in [-0.3, -0.25) is 10.1 Å². The second-order valence-corrected chi connectivity index (χ2v) is 4.87. The van der Waals surface area contributed by atoms with Crippen molar-refractivity contribution in [3.05, 3.63) is 33.4 Å². The highest BCUT2D eigenvalue weighted by Gasteiger charge is 2.25. The zero-order valence-corrected chi connectivity index (χ0v) is 10.1. The summed E-state index contributed by atoms with van der Waals surface area (Å²) in [5.41, 5.74) is 0.984. The number of nitro groups is 1. The van der Waals surface area contributed by atoms with Crippen LogP contribution in [0, 0.1) is 10.1 Å². The fourth-order valence-corrected chi connectivity index (χ4v) is 1.59. The smallest absolute Gasteiger partial charge is 0.311 e. The molecule has 0 aliphatic rings. The number of phenols is 1. The standard InChI is InChI=1S/C12H17NO3/c1-5-8-6-9(12(2,3)4)11(14)10(7-8)13(15)16/h6-7,14H,5H2,1-4H3. The summed E-state index contributed by atoms with van der Waals surface area (Å²) in [5.74, 6) is -0.213. The molecule has 88 valence electrons. The van der Waals surface area contributed by atoms with Crippen molar-refractivity contribution in [3.63, 3.8) is 0 Å². The molecular formula is C12H17NO3. The lowest BCUT2D eigenvalue weighted by Crippen LogP contribution is -2.12. The molecule has 0 spiro atoms. The fourth-order valence-electron chi connectivity index (χ4n) is 1.59. The summed E-state index contributed by atoms with van der Waals surface area (Å²) < 4.78 is 0. The molecule has 0 bridgehead atoms. The van der Waals surface area contributed by atoms with Crippen LogP contribution >= 0.6 is 0 Å². The Balaban J connectivity index is 3.50. The van der Waals surface area contributed by atoms with Crippen molar-refractivity contribution < 1.29 is 10.0 Å². The van der Waals surface area contributed by atoms with Crippen molar-refractivity contribution in [2.75, 3.05) is 0 Å². The Morgan fingerprint density at radius 3 is 2.31 bits per heavy atom. The van der Waals surface area contributed by atoms with Crippen LogP contribution < -0.4 is 0 Å². The first-order valence-electron chi connectivity index (χ1n) is 5.28. The van der Waals surface area contributed by atoms with Crippen LogP contribution in [0.5, 0.6) is 5.75 Å². The molecule has 0 radical (unpaired) electrons. The Morgan fingerprint density at radius 1 is 1.38 bits per heavy atom. The van der Waals surface area contributed by atoms with Crippen molar-refractivity contribution >= 4 is 5.69 Å². The molecule has 1 N–H and O–H groups in total. The molecular weight excluding hydrogens is 206 g/mol. The summed E-state index contributed by atoms with van der Waals surface area (Å²) in [7, 11) is 0. The number of phenolic OH excluding ortho intramolecular Hbond substituents is 1. The first-order valence-corrected chi connectivity index (χ1v) is 5.28. The molecule has 0 saturated carbocycles. The van der Waals surface area contributed by atoms with Gasteiger partial charge in [0.05, 0.1) is 4.92 Å². The van der Waals surface area contributed by atoms with E-state index in [9.17, 15) is 15.2 Å². The van der Waals surface area contributed by atoms with E-state index in [4.69, 9.17) is 0 Å². The van der Waals surface area contributed by atoms with E-state index in [2.05, 4.69) is 0 Å². The van der Waals surface area contributed by atoms with Gasteiger partial charge >= 0.3 is 5.69 Å². The van der Waals surface area contributed by atoms with Crippen molar-refractivity contribution in [2.45, 2.75) is 39.5 Å². The molecule has 0 heterocycles. The molecule has 4 nitrogen and oxygen atoms in total. The minimum absolute atomic E-state index is 0.204. The molecule has 0 amide bonds. The minimum Gasteiger partial charge on any atom is -0.502 e. The lowest BCUT2D eigenvalue weighted by Gasteiger charge is -2.21.